The van der Waals surface area contributed by atoms with E-state index >= 15 is 0 Å². The first-order valence-corrected chi connectivity index (χ1v) is 6.09. The lowest BCUT2D eigenvalue weighted by Gasteiger charge is -2.02. The second kappa shape index (κ2) is 6.44. The number of hydrogen-bond acceptors (Lipinski definition) is 7. The molecule has 0 amide bonds. The van der Waals surface area contributed by atoms with Crippen molar-refractivity contribution in [3.63, 3.8) is 0 Å². The van der Waals surface area contributed by atoms with Gasteiger partial charge in [-0.1, -0.05) is 12.1 Å². The second-order valence-electron chi connectivity index (χ2n) is 4.14. The number of nitro benzene ring substituents is 1. The number of aromatic hydroxyl groups is 1. The first-order valence-electron chi connectivity index (χ1n) is 6.09. The van der Waals surface area contributed by atoms with Crippen LogP contribution in [0, 0.1) is 10.1 Å². The molecule has 112 valence electrons. The summed E-state index contributed by atoms with van der Waals surface area (Å²) >= 11 is 0. The summed E-state index contributed by atoms with van der Waals surface area (Å²) in [6, 6.07) is 9.70. The maximum atomic E-state index is 11.4. The highest BCUT2D eigenvalue weighted by Crippen LogP contribution is 2.32. The summed E-state index contributed by atoms with van der Waals surface area (Å²) in [5, 5.41) is 28.1. The van der Waals surface area contributed by atoms with Crippen molar-refractivity contribution in [1.82, 2.24) is 0 Å². The number of carbonyl (C=O) groups is 1. The fraction of sp³-hybridized carbons (Fsp3) is 0.0714. The predicted molar refractivity (Wildman–Crippen MR) is 76.7 cm³/mol. The summed E-state index contributed by atoms with van der Waals surface area (Å²) in [4.78, 5) is 21.7. The Labute approximate surface area is 124 Å². The lowest BCUT2D eigenvalue weighted by molar-refractivity contribution is -0.384. The number of phenols is 1. The van der Waals surface area contributed by atoms with Crippen molar-refractivity contribution >= 4 is 23.0 Å². The van der Waals surface area contributed by atoms with Gasteiger partial charge >= 0.3 is 5.97 Å². The Balaban J connectivity index is 2.38. The number of carbonyl (C=O) groups excluding carboxylic acids is 1. The average Bonchev–Trinajstić information content (AvgIpc) is 2.53. The third-order valence-corrected chi connectivity index (χ3v) is 2.74. The van der Waals surface area contributed by atoms with Crippen LogP contribution in [0.2, 0.25) is 0 Å². The number of para-hydroxylation sites is 1. The number of rotatable bonds is 4. The molecule has 0 aliphatic carbocycles. The van der Waals surface area contributed by atoms with Gasteiger partial charge in [-0.2, -0.15) is 0 Å². The van der Waals surface area contributed by atoms with Crippen LogP contribution in [0.3, 0.4) is 0 Å². The van der Waals surface area contributed by atoms with E-state index in [4.69, 9.17) is 0 Å². The van der Waals surface area contributed by atoms with Crippen molar-refractivity contribution in [3.8, 4) is 5.75 Å². The zero-order chi connectivity index (χ0) is 16.1. The van der Waals surface area contributed by atoms with Gasteiger partial charge in [0.1, 0.15) is 11.4 Å². The SMILES string of the molecule is COC(=O)c1ccc(O)c(N=Nc2ccccc2[N+](=O)[O-])c1. The Morgan fingerprint density at radius 2 is 1.86 bits per heavy atom. The van der Waals surface area contributed by atoms with E-state index in [1.165, 1.54) is 43.5 Å². The minimum atomic E-state index is -0.595. The number of esters is 1. The summed E-state index contributed by atoms with van der Waals surface area (Å²) < 4.78 is 4.56. The van der Waals surface area contributed by atoms with Crippen molar-refractivity contribution in [2.75, 3.05) is 7.11 Å². The van der Waals surface area contributed by atoms with Crippen LogP contribution < -0.4 is 0 Å². The van der Waals surface area contributed by atoms with Crippen LogP contribution in [-0.4, -0.2) is 23.1 Å². The smallest absolute Gasteiger partial charge is 0.337 e. The topological polar surface area (TPSA) is 114 Å². The summed E-state index contributed by atoms with van der Waals surface area (Å²) in [5.74, 6) is -0.808. The molecule has 0 fully saturated rings. The van der Waals surface area contributed by atoms with E-state index < -0.39 is 10.9 Å². The standard InChI is InChI=1S/C14H11N3O5/c1-22-14(19)9-6-7-13(18)11(8-9)16-15-10-4-2-3-5-12(10)17(20)21/h2-8,18H,1H3. The maximum absolute atomic E-state index is 11.4. The molecule has 0 saturated heterocycles. The van der Waals surface area contributed by atoms with E-state index in [9.17, 15) is 20.0 Å². The van der Waals surface area contributed by atoms with Gasteiger partial charge in [-0.05, 0) is 24.3 Å². The number of nitrogens with zero attached hydrogens (tertiary/aromatic N) is 3. The fourth-order valence-electron chi connectivity index (χ4n) is 1.66. The summed E-state index contributed by atoms with van der Waals surface area (Å²) in [6.07, 6.45) is 0. The molecule has 1 N–H and O–H groups in total. The molecule has 0 aliphatic heterocycles. The number of azo groups is 1. The number of nitro groups is 1. The van der Waals surface area contributed by atoms with Crippen molar-refractivity contribution in [3.05, 3.63) is 58.1 Å². The van der Waals surface area contributed by atoms with Gasteiger partial charge in [-0.15, -0.1) is 10.2 Å². The predicted octanol–water partition coefficient (Wildman–Crippen LogP) is 3.50. The lowest BCUT2D eigenvalue weighted by Crippen LogP contribution is -2.00. The first-order chi connectivity index (χ1) is 10.5. The third kappa shape index (κ3) is 3.23. The molecule has 0 bridgehead atoms. The Morgan fingerprint density at radius 1 is 1.18 bits per heavy atom. The minimum absolute atomic E-state index is 0.000973. The molecular weight excluding hydrogens is 290 g/mol. The normalized spacial score (nSPS) is 10.6. The van der Waals surface area contributed by atoms with Gasteiger partial charge < -0.3 is 9.84 Å². The van der Waals surface area contributed by atoms with E-state index in [1.807, 2.05) is 0 Å². The Morgan fingerprint density at radius 3 is 2.55 bits per heavy atom. The Kier molecular flexibility index (Phi) is 4.42. The van der Waals surface area contributed by atoms with Crippen molar-refractivity contribution in [1.29, 1.82) is 0 Å². The molecule has 0 heterocycles. The van der Waals surface area contributed by atoms with Crippen LogP contribution in [0.4, 0.5) is 17.1 Å². The van der Waals surface area contributed by atoms with Gasteiger partial charge in [0.15, 0.2) is 5.69 Å². The Bertz CT molecular complexity index is 758. The van der Waals surface area contributed by atoms with E-state index in [0.29, 0.717) is 0 Å². The van der Waals surface area contributed by atoms with Crippen molar-refractivity contribution < 1.29 is 19.6 Å². The summed E-state index contributed by atoms with van der Waals surface area (Å²) in [7, 11) is 1.23. The summed E-state index contributed by atoms with van der Waals surface area (Å²) in [5.41, 5.74) is 0.00287. The Hall–Kier alpha value is -3.29. The lowest BCUT2D eigenvalue weighted by atomic mass is 10.2. The zero-order valence-electron chi connectivity index (χ0n) is 11.5. The molecule has 0 aliphatic rings. The van der Waals surface area contributed by atoms with Crippen LogP contribution in [0.5, 0.6) is 5.75 Å². The molecule has 0 saturated carbocycles. The second-order valence-corrected chi connectivity index (χ2v) is 4.14. The molecular formula is C14H11N3O5. The molecule has 0 radical (unpaired) electrons. The van der Waals surface area contributed by atoms with Gasteiger partial charge in [-0.3, -0.25) is 10.1 Å². The molecule has 2 aromatic carbocycles. The number of benzene rings is 2. The van der Waals surface area contributed by atoms with E-state index in [2.05, 4.69) is 15.0 Å². The van der Waals surface area contributed by atoms with E-state index in [1.54, 1.807) is 6.07 Å². The molecule has 0 unspecified atom stereocenters. The molecule has 0 spiro atoms. The van der Waals surface area contributed by atoms with Gasteiger partial charge in [0.05, 0.1) is 17.6 Å². The van der Waals surface area contributed by atoms with Gasteiger partial charge in [0.2, 0.25) is 0 Å². The molecule has 0 aromatic heterocycles. The van der Waals surface area contributed by atoms with Crippen LogP contribution in [0.1, 0.15) is 10.4 Å². The number of hydrogen-bond donors (Lipinski definition) is 1. The largest absolute Gasteiger partial charge is 0.506 e. The van der Waals surface area contributed by atoms with E-state index in [-0.39, 0.29) is 28.4 Å². The van der Waals surface area contributed by atoms with Crippen molar-refractivity contribution in [2.24, 2.45) is 10.2 Å². The number of methoxy groups -OCH3 is 1. The van der Waals surface area contributed by atoms with Crippen LogP contribution in [-0.2, 0) is 4.74 Å². The zero-order valence-corrected chi connectivity index (χ0v) is 11.5. The van der Waals surface area contributed by atoms with Crippen LogP contribution in [0.25, 0.3) is 0 Å². The fourth-order valence-corrected chi connectivity index (χ4v) is 1.66. The highest BCUT2D eigenvalue weighted by atomic mass is 16.6. The van der Waals surface area contributed by atoms with Gasteiger partial charge in [0.25, 0.3) is 5.69 Å². The molecule has 22 heavy (non-hydrogen) atoms. The van der Waals surface area contributed by atoms with Gasteiger partial charge in [0, 0.05) is 6.07 Å². The number of phenolic OH excluding ortho intramolecular Hbond substituents is 1. The van der Waals surface area contributed by atoms with E-state index in [0.717, 1.165) is 0 Å². The molecule has 8 heteroatoms. The number of ether oxygens (including phenoxy) is 1. The summed E-state index contributed by atoms with van der Waals surface area (Å²) in [6.45, 7) is 0. The first kappa shape index (κ1) is 15.1. The maximum Gasteiger partial charge on any atom is 0.337 e. The average molecular weight is 301 g/mol. The monoisotopic (exact) mass is 301 g/mol. The van der Waals surface area contributed by atoms with Gasteiger partial charge in [-0.25, -0.2) is 4.79 Å². The highest BCUT2D eigenvalue weighted by Gasteiger charge is 2.13. The molecule has 0 atom stereocenters. The van der Waals surface area contributed by atoms with Crippen LogP contribution in [0.15, 0.2) is 52.7 Å². The molecule has 8 nitrogen and oxygen atoms in total. The highest BCUT2D eigenvalue weighted by molar-refractivity contribution is 5.90. The molecule has 2 rings (SSSR count). The quantitative estimate of drug-likeness (QED) is 0.401. The molecule has 2 aromatic rings. The minimum Gasteiger partial charge on any atom is -0.506 e. The van der Waals surface area contributed by atoms with Crippen molar-refractivity contribution in [2.45, 2.75) is 0 Å². The third-order valence-electron chi connectivity index (χ3n) is 2.74. The van der Waals surface area contributed by atoms with Crippen LogP contribution >= 0.6 is 0 Å².